The Morgan fingerprint density at radius 1 is 1.06 bits per heavy atom. The van der Waals surface area contributed by atoms with Crippen LogP contribution in [0, 0.1) is 5.82 Å². The van der Waals surface area contributed by atoms with Crippen LogP contribution >= 0.6 is 0 Å². The van der Waals surface area contributed by atoms with Crippen molar-refractivity contribution in [3.8, 4) is 11.5 Å². The summed E-state index contributed by atoms with van der Waals surface area (Å²) in [6.45, 7) is 2.45. The van der Waals surface area contributed by atoms with Crippen molar-refractivity contribution in [1.82, 2.24) is 0 Å². The molecular weight excluding hydrogens is 435 g/mol. The smallest absolute Gasteiger partial charge is 0.333 e. The minimum absolute atomic E-state index is 0.104. The predicted octanol–water partition coefficient (Wildman–Crippen LogP) is 5.45. The Hall–Kier alpha value is -3.64. The van der Waals surface area contributed by atoms with Gasteiger partial charge < -0.3 is 19.3 Å². The molecule has 1 aliphatic rings. The van der Waals surface area contributed by atoms with Gasteiger partial charge in [-0.1, -0.05) is 36.4 Å². The minimum atomic E-state index is -0.961. The lowest BCUT2D eigenvalue weighted by Crippen LogP contribution is -2.26. The molecule has 0 bridgehead atoms. The fourth-order valence-electron chi connectivity index (χ4n) is 3.87. The summed E-state index contributed by atoms with van der Waals surface area (Å²) in [5, 5.41) is 9.30. The van der Waals surface area contributed by atoms with Crippen LogP contribution in [-0.4, -0.2) is 29.9 Å². The van der Waals surface area contributed by atoms with Crippen molar-refractivity contribution < 1.29 is 28.5 Å². The Kier molecular flexibility index (Phi) is 7.60. The third-order valence-electron chi connectivity index (χ3n) is 5.56. The highest BCUT2D eigenvalue weighted by atomic mass is 19.1. The Balaban J connectivity index is 1.33. The number of benzene rings is 3. The van der Waals surface area contributed by atoms with E-state index in [-0.39, 0.29) is 11.9 Å². The molecule has 4 rings (SSSR count). The van der Waals surface area contributed by atoms with E-state index in [1.165, 1.54) is 12.1 Å². The average Bonchev–Trinajstić information content (AvgIpc) is 2.83. The number of carboxylic acid groups (broad SMARTS) is 1. The van der Waals surface area contributed by atoms with E-state index in [4.69, 9.17) is 14.2 Å². The highest BCUT2D eigenvalue weighted by Gasteiger charge is 2.20. The lowest BCUT2D eigenvalue weighted by atomic mass is 10.00. The first-order valence-corrected chi connectivity index (χ1v) is 11.3. The van der Waals surface area contributed by atoms with E-state index in [2.05, 4.69) is 0 Å². The molecule has 0 amide bonds. The standard InChI is InChI=1S/C28H27FO5/c1-2-32-27(28(30)31)17-20-8-13-26-22(14-20)9-12-25(34-26)16-19-6-10-24(11-7-19)33-18-21-4-3-5-23(29)15-21/h3-15,25,27H,2,16-18H2,1H3,(H,30,31)/t25-,27-/m0/s1. The molecule has 1 heterocycles. The summed E-state index contributed by atoms with van der Waals surface area (Å²) in [4.78, 5) is 11.3. The van der Waals surface area contributed by atoms with Gasteiger partial charge in [-0.2, -0.15) is 0 Å². The summed E-state index contributed by atoms with van der Waals surface area (Å²) in [5.74, 6) is 0.258. The van der Waals surface area contributed by atoms with Crippen LogP contribution in [0.3, 0.4) is 0 Å². The third kappa shape index (κ3) is 6.23. The number of carboxylic acids is 1. The lowest BCUT2D eigenvalue weighted by Gasteiger charge is -2.22. The molecule has 0 spiro atoms. The maximum Gasteiger partial charge on any atom is 0.333 e. The van der Waals surface area contributed by atoms with Gasteiger partial charge >= 0.3 is 5.97 Å². The molecule has 3 aromatic rings. The van der Waals surface area contributed by atoms with Gasteiger partial charge in [0.1, 0.15) is 30.0 Å². The zero-order valence-electron chi connectivity index (χ0n) is 18.9. The second-order valence-corrected chi connectivity index (χ2v) is 8.14. The van der Waals surface area contributed by atoms with Crippen molar-refractivity contribution in [2.75, 3.05) is 6.61 Å². The molecule has 3 aromatic carbocycles. The average molecular weight is 463 g/mol. The molecular formula is C28H27FO5. The Bertz CT molecular complexity index is 1160. The van der Waals surface area contributed by atoms with Gasteiger partial charge in [0.2, 0.25) is 0 Å². The summed E-state index contributed by atoms with van der Waals surface area (Å²) in [7, 11) is 0. The van der Waals surface area contributed by atoms with Crippen molar-refractivity contribution in [2.45, 2.75) is 38.6 Å². The number of carbonyl (C=O) groups is 1. The van der Waals surface area contributed by atoms with Crippen molar-refractivity contribution in [3.63, 3.8) is 0 Å². The summed E-state index contributed by atoms with van der Waals surface area (Å²) >= 11 is 0. The first-order chi connectivity index (χ1) is 16.5. The van der Waals surface area contributed by atoms with E-state index in [0.29, 0.717) is 26.1 Å². The maximum absolute atomic E-state index is 13.3. The highest BCUT2D eigenvalue weighted by Crippen LogP contribution is 2.29. The van der Waals surface area contributed by atoms with Gasteiger partial charge in [-0.3, -0.25) is 0 Å². The van der Waals surface area contributed by atoms with E-state index < -0.39 is 12.1 Å². The van der Waals surface area contributed by atoms with Gasteiger partial charge in [0.15, 0.2) is 6.10 Å². The molecule has 5 nitrogen and oxygen atoms in total. The Morgan fingerprint density at radius 2 is 1.85 bits per heavy atom. The van der Waals surface area contributed by atoms with Crippen LogP contribution < -0.4 is 9.47 Å². The van der Waals surface area contributed by atoms with E-state index in [1.807, 2.05) is 60.7 Å². The van der Waals surface area contributed by atoms with Gasteiger partial charge in [0, 0.05) is 25.0 Å². The minimum Gasteiger partial charge on any atom is -0.489 e. The topological polar surface area (TPSA) is 65.0 Å². The molecule has 0 saturated carbocycles. The summed E-state index contributed by atoms with van der Waals surface area (Å²) < 4.78 is 30.5. The Morgan fingerprint density at radius 3 is 2.59 bits per heavy atom. The van der Waals surface area contributed by atoms with E-state index >= 15 is 0 Å². The normalized spacial score (nSPS) is 15.3. The van der Waals surface area contributed by atoms with Crippen molar-refractivity contribution >= 4 is 12.0 Å². The SMILES string of the molecule is CCO[C@@H](Cc1ccc2c(c1)C=C[C@@H](Cc1ccc(OCc3cccc(F)c3)cc1)O2)C(=O)O. The number of aliphatic carboxylic acids is 1. The molecule has 0 aliphatic carbocycles. The van der Waals surface area contributed by atoms with Gasteiger partial charge in [-0.05, 0) is 66.1 Å². The van der Waals surface area contributed by atoms with E-state index in [1.54, 1.807) is 13.0 Å². The van der Waals surface area contributed by atoms with Crippen LogP contribution in [0.5, 0.6) is 11.5 Å². The molecule has 34 heavy (non-hydrogen) atoms. The second kappa shape index (κ2) is 11.0. The molecule has 0 aromatic heterocycles. The monoisotopic (exact) mass is 462 g/mol. The van der Waals surface area contributed by atoms with Gasteiger partial charge in [0.05, 0.1) is 0 Å². The van der Waals surface area contributed by atoms with E-state index in [0.717, 1.165) is 33.8 Å². The van der Waals surface area contributed by atoms with Crippen molar-refractivity contribution in [1.29, 1.82) is 0 Å². The van der Waals surface area contributed by atoms with Crippen molar-refractivity contribution in [2.24, 2.45) is 0 Å². The van der Waals surface area contributed by atoms with Crippen LogP contribution in [0.25, 0.3) is 6.08 Å². The number of halogens is 1. The van der Waals surface area contributed by atoms with E-state index in [9.17, 15) is 14.3 Å². The molecule has 2 atom stereocenters. The highest BCUT2D eigenvalue weighted by molar-refractivity contribution is 5.73. The molecule has 0 fully saturated rings. The third-order valence-corrected chi connectivity index (χ3v) is 5.56. The number of fused-ring (bicyclic) bond motifs is 1. The summed E-state index contributed by atoms with van der Waals surface area (Å²) in [6, 6.07) is 19.9. The predicted molar refractivity (Wildman–Crippen MR) is 128 cm³/mol. The first-order valence-electron chi connectivity index (χ1n) is 11.3. The lowest BCUT2D eigenvalue weighted by molar-refractivity contribution is -0.149. The molecule has 0 radical (unpaired) electrons. The zero-order valence-corrected chi connectivity index (χ0v) is 18.9. The Labute approximate surface area is 198 Å². The van der Waals surface area contributed by atoms with Crippen LogP contribution in [-0.2, 0) is 29.0 Å². The van der Waals surface area contributed by atoms with Crippen LogP contribution in [0.1, 0.15) is 29.2 Å². The largest absolute Gasteiger partial charge is 0.489 e. The number of ether oxygens (including phenoxy) is 3. The quantitative estimate of drug-likeness (QED) is 0.434. The molecule has 176 valence electrons. The van der Waals surface area contributed by atoms with Gasteiger partial charge in [0.25, 0.3) is 0 Å². The van der Waals surface area contributed by atoms with Crippen molar-refractivity contribution in [3.05, 3.63) is 101 Å². The molecule has 1 aliphatic heterocycles. The molecule has 0 saturated heterocycles. The fourth-order valence-corrected chi connectivity index (χ4v) is 3.87. The molecule has 0 unspecified atom stereocenters. The summed E-state index contributed by atoms with van der Waals surface area (Å²) in [6.07, 6.45) is 4.07. The maximum atomic E-state index is 13.3. The van der Waals surface area contributed by atoms with Crippen LogP contribution in [0.15, 0.2) is 72.8 Å². The van der Waals surface area contributed by atoms with Gasteiger partial charge in [-0.15, -0.1) is 0 Å². The molecule has 6 heteroatoms. The molecule has 1 N–H and O–H groups in total. The summed E-state index contributed by atoms with van der Waals surface area (Å²) in [5.41, 5.74) is 3.70. The van der Waals surface area contributed by atoms with Gasteiger partial charge in [-0.25, -0.2) is 9.18 Å². The fraction of sp³-hybridized carbons (Fsp3) is 0.250. The first kappa shape index (κ1) is 23.5. The number of hydrogen-bond donors (Lipinski definition) is 1. The number of rotatable bonds is 10. The zero-order chi connectivity index (χ0) is 23.9. The van der Waals surface area contributed by atoms with Crippen LogP contribution in [0.2, 0.25) is 0 Å². The second-order valence-electron chi connectivity index (χ2n) is 8.14. The number of hydrogen-bond acceptors (Lipinski definition) is 4. The van der Waals surface area contributed by atoms with Crippen LogP contribution in [0.4, 0.5) is 4.39 Å².